The molecule has 0 saturated heterocycles. The van der Waals surface area contributed by atoms with E-state index in [0.717, 1.165) is 12.1 Å². The summed E-state index contributed by atoms with van der Waals surface area (Å²) in [5.41, 5.74) is 6.05. The molecule has 0 fully saturated rings. The Morgan fingerprint density at radius 3 is 2.74 bits per heavy atom. The van der Waals surface area contributed by atoms with Gasteiger partial charge in [0.15, 0.2) is 5.78 Å². The number of ketones is 1. The third-order valence-corrected chi connectivity index (χ3v) is 4.14. The van der Waals surface area contributed by atoms with E-state index in [2.05, 4.69) is 0 Å². The largest absolute Gasteiger partial charge is 0.444 e. The standard InChI is InChI=1S/C17H14F2N2O2/c1-8-4-13(22)16-14(5-8)23-17(21)11(7-20)15(16)10-3-2-9(18)6-12(10)19/h2-3,6,8,15H,4-5,21H2,1H3. The summed E-state index contributed by atoms with van der Waals surface area (Å²) < 4.78 is 32.9. The van der Waals surface area contributed by atoms with Gasteiger partial charge in [-0.1, -0.05) is 13.0 Å². The Hall–Kier alpha value is -2.68. The number of Topliss-reactive ketones (excluding diaryl/α,β-unsaturated/α-hetero) is 1. The van der Waals surface area contributed by atoms with Crippen molar-refractivity contribution in [3.05, 3.63) is 58.2 Å². The van der Waals surface area contributed by atoms with E-state index in [0.29, 0.717) is 18.6 Å². The second-order valence-corrected chi connectivity index (χ2v) is 5.86. The van der Waals surface area contributed by atoms with Crippen LogP contribution in [0.2, 0.25) is 0 Å². The number of nitrogens with zero attached hydrogens (tertiary/aromatic N) is 1. The SMILES string of the molecule is CC1CC(=O)C2=C(C1)OC(N)=C(C#N)C2c1ccc(F)cc1F. The molecule has 2 atom stereocenters. The van der Waals surface area contributed by atoms with Gasteiger partial charge in [0.2, 0.25) is 5.88 Å². The van der Waals surface area contributed by atoms with Crippen LogP contribution in [0, 0.1) is 28.9 Å². The molecule has 118 valence electrons. The number of halogens is 2. The number of ether oxygens (including phenoxy) is 1. The topological polar surface area (TPSA) is 76.1 Å². The van der Waals surface area contributed by atoms with E-state index in [1.807, 2.05) is 13.0 Å². The minimum absolute atomic E-state index is 0.0304. The summed E-state index contributed by atoms with van der Waals surface area (Å²) in [5.74, 6) is -2.39. The van der Waals surface area contributed by atoms with Crippen molar-refractivity contribution in [3.8, 4) is 6.07 Å². The maximum Gasteiger partial charge on any atom is 0.205 e. The van der Waals surface area contributed by atoms with Crippen molar-refractivity contribution in [1.82, 2.24) is 0 Å². The number of rotatable bonds is 1. The molecular formula is C17H14F2N2O2. The van der Waals surface area contributed by atoms with E-state index < -0.39 is 17.6 Å². The summed E-state index contributed by atoms with van der Waals surface area (Å²) in [4.78, 5) is 12.5. The molecule has 4 nitrogen and oxygen atoms in total. The van der Waals surface area contributed by atoms with Crippen molar-refractivity contribution in [2.45, 2.75) is 25.7 Å². The molecule has 2 unspecified atom stereocenters. The minimum atomic E-state index is -0.954. The maximum atomic E-state index is 14.2. The van der Waals surface area contributed by atoms with Crippen LogP contribution in [0.25, 0.3) is 0 Å². The van der Waals surface area contributed by atoms with Crippen LogP contribution in [0.5, 0.6) is 0 Å². The number of nitriles is 1. The van der Waals surface area contributed by atoms with Crippen molar-refractivity contribution in [1.29, 1.82) is 5.26 Å². The molecule has 0 radical (unpaired) electrons. The second-order valence-electron chi connectivity index (χ2n) is 5.86. The van der Waals surface area contributed by atoms with E-state index in [9.17, 15) is 18.8 Å². The fraction of sp³-hybridized carbons (Fsp3) is 0.294. The first-order valence-corrected chi connectivity index (χ1v) is 7.21. The number of benzene rings is 1. The predicted octanol–water partition coefficient (Wildman–Crippen LogP) is 3.03. The smallest absolute Gasteiger partial charge is 0.205 e. The summed E-state index contributed by atoms with van der Waals surface area (Å²) in [7, 11) is 0. The van der Waals surface area contributed by atoms with Gasteiger partial charge in [0.25, 0.3) is 0 Å². The monoisotopic (exact) mass is 316 g/mol. The van der Waals surface area contributed by atoms with Crippen LogP contribution in [-0.4, -0.2) is 5.78 Å². The van der Waals surface area contributed by atoms with Gasteiger partial charge in [-0.3, -0.25) is 4.79 Å². The number of nitrogens with two attached hydrogens (primary N) is 1. The third kappa shape index (κ3) is 2.48. The van der Waals surface area contributed by atoms with Crippen LogP contribution in [0.1, 0.15) is 31.2 Å². The zero-order valence-corrected chi connectivity index (χ0v) is 12.4. The lowest BCUT2D eigenvalue weighted by atomic mass is 9.75. The molecule has 3 rings (SSSR count). The van der Waals surface area contributed by atoms with Gasteiger partial charge in [-0.05, 0) is 12.0 Å². The quantitative estimate of drug-likeness (QED) is 0.864. The number of allylic oxidation sites excluding steroid dienone is 3. The van der Waals surface area contributed by atoms with E-state index in [1.54, 1.807) is 0 Å². The molecule has 6 heteroatoms. The summed E-state index contributed by atoms with van der Waals surface area (Å²) in [6, 6.07) is 4.95. The zero-order chi connectivity index (χ0) is 16.7. The Morgan fingerprint density at radius 1 is 1.35 bits per heavy atom. The average Bonchev–Trinajstić information content (AvgIpc) is 2.45. The molecule has 0 bridgehead atoms. The van der Waals surface area contributed by atoms with Crippen LogP contribution in [-0.2, 0) is 9.53 Å². The second kappa shape index (κ2) is 5.51. The van der Waals surface area contributed by atoms with E-state index in [1.165, 1.54) is 6.07 Å². The predicted molar refractivity (Wildman–Crippen MR) is 77.4 cm³/mol. The molecule has 0 aromatic heterocycles. The summed E-state index contributed by atoms with van der Waals surface area (Å²) in [5, 5.41) is 9.37. The third-order valence-electron chi connectivity index (χ3n) is 4.14. The van der Waals surface area contributed by atoms with Gasteiger partial charge in [-0.25, -0.2) is 8.78 Å². The van der Waals surface area contributed by atoms with Crippen molar-refractivity contribution in [3.63, 3.8) is 0 Å². The lowest BCUT2D eigenvalue weighted by Gasteiger charge is -2.33. The first-order chi connectivity index (χ1) is 10.9. The van der Waals surface area contributed by atoms with Crippen LogP contribution in [0.4, 0.5) is 8.78 Å². The van der Waals surface area contributed by atoms with Crippen molar-refractivity contribution < 1.29 is 18.3 Å². The number of carbonyl (C=O) groups excluding carboxylic acids is 1. The molecule has 2 N–H and O–H groups in total. The van der Waals surface area contributed by atoms with Crippen LogP contribution < -0.4 is 5.73 Å². The van der Waals surface area contributed by atoms with Gasteiger partial charge in [0.05, 0.1) is 5.92 Å². The van der Waals surface area contributed by atoms with Gasteiger partial charge < -0.3 is 10.5 Å². The number of carbonyl (C=O) groups is 1. The Bertz CT molecular complexity index is 805. The molecule has 1 aromatic rings. The Labute approximate surface area is 131 Å². The van der Waals surface area contributed by atoms with Gasteiger partial charge in [0, 0.05) is 30.0 Å². The average molecular weight is 316 g/mol. The molecule has 1 heterocycles. The molecule has 1 aliphatic heterocycles. The van der Waals surface area contributed by atoms with Crippen LogP contribution in [0.3, 0.4) is 0 Å². The molecular weight excluding hydrogens is 302 g/mol. The van der Waals surface area contributed by atoms with Crippen LogP contribution in [0.15, 0.2) is 41.0 Å². The zero-order valence-electron chi connectivity index (χ0n) is 12.4. The summed E-state index contributed by atoms with van der Waals surface area (Å²) >= 11 is 0. The molecule has 1 aliphatic carbocycles. The lowest BCUT2D eigenvalue weighted by Crippen LogP contribution is -2.30. The highest BCUT2D eigenvalue weighted by molar-refractivity contribution is 5.99. The van der Waals surface area contributed by atoms with Crippen LogP contribution >= 0.6 is 0 Å². The van der Waals surface area contributed by atoms with Gasteiger partial charge >= 0.3 is 0 Å². The highest BCUT2D eigenvalue weighted by Gasteiger charge is 2.40. The molecule has 0 spiro atoms. The highest BCUT2D eigenvalue weighted by Crippen LogP contribution is 2.45. The Morgan fingerprint density at radius 2 is 2.09 bits per heavy atom. The molecule has 2 aliphatic rings. The van der Waals surface area contributed by atoms with Crippen molar-refractivity contribution >= 4 is 5.78 Å². The molecule has 0 amide bonds. The fourth-order valence-corrected chi connectivity index (χ4v) is 3.14. The first kappa shape index (κ1) is 15.2. The lowest BCUT2D eigenvalue weighted by molar-refractivity contribution is -0.117. The summed E-state index contributed by atoms with van der Waals surface area (Å²) in [6.07, 6.45) is 0.778. The highest BCUT2D eigenvalue weighted by atomic mass is 19.1. The van der Waals surface area contributed by atoms with E-state index in [-0.39, 0.29) is 34.3 Å². The van der Waals surface area contributed by atoms with Gasteiger partial charge in [-0.2, -0.15) is 5.26 Å². The maximum absolute atomic E-state index is 14.2. The number of hydrogen-bond donors (Lipinski definition) is 1. The first-order valence-electron chi connectivity index (χ1n) is 7.21. The number of hydrogen-bond acceptors (Lipinski definition) is 4. The van der Waals surface area contributed by atoms with E-state index >= 15 is 0 Å². The van der Waals surface area contributed by atoms with Gasteiger partial charge in [-0.15, -0.1) is 0 Å². The van der Waals surface area contributed by atoms with E-state index in [4.69, 9.17) is 10.5 Å². The molecule has 0 saturated carbocycles. The summed E-state index contributed by atoms with van der Waals surface area (Å²) in [6.45, 7) is 1.90. The normalized spacial score (nSPS) is 24.2. The fourth-order valence-electron chi connectivity index (χ4n) is 3.14. The Balaban J connectivity index is 2.22. The molecule has 1 aromatic carbocycles. The van der Waals surface area contributed by atoms with Gasteiger partial charge in [0.1, 0.15) is 29.0 Å². The molecule has 23 heavy (non-hydrogen) atoms. The van der Waals surface area contributed by atoms with Crippen molar-refractivity contribution in [2.24, 2.45) is 11.7 Å². The minimum Gasteiger partial charge on any atom is -0.444 e. The Kier molecular flexibility index (Phi) is 3.64. The van der Waals surface area contributed by atoms with Crippen molar-refractivity contribution in [2.75, 3.05) is 0 Å².